The maximum Gasteiger partial charge on any atom is 0.0866 e. The molecular weight excluding hydrogens is 476 g/mol. The molecule has 3 nitrogen and oxygen atoms in total. The molecule has 0 heterocycles. The molecule has 3 fully saturated rings. The second-order valence-corrected chi connectivity index (χ2v) is 15.0. The lowest BCUT2D eigenvalue weighted by Crippen LogP contribution is -2.51. The minimum absolute atomic E-state index is 0.0224. The Kier molecular flexibility index (Phi) is 8.50. The summed E-state index contributed by atoms with van der Waals surface area (Å²) in [4.78, 5) is 0. The molecule has 0 radical (unpaired) electrons. The number of fused-ring (bicyclic) bond motifs is 5. The van der Waals surface area contributed by atoms with Crippen LogP contribution in [-0.4, -0.2) is 6.10 Å². The highest BCUT2D eigenvalue weighted by Gasteiger charge is 2.59. The average Bonchev–Trinajstić information content (AvgIpc) is 3.25. The summed E-state index contributed by atoms with van der Waals surface area (Å²) in [5.74, 6) is 5.32. The van der Waals surface area contributed by atoms with Crippen LogP contribution in [0.4, 0.5) is 11.4 Å². The number of nitrogen functional groups attached to an aromatic ring is 2. The molecule has 4 aliphatic carbocycles. The van der Waals surface area contributed by atoms with Crippen molar-refractivity contribution in [3.63, 3.8) is 0 Å². The van der Waals surface area contributed by atoms with Crippen molar-refractivity contribution < 1.29 is 4.74 Å². The first-order chi connectivity index (χ1) is 18.6. The molecule has 4 aliphatic rings. The monoisotopic (exact) mass is 534 g/mol. The van der Waals surface area contributed by atoms with Gasteiger partial charge < -0.3 is 16.2 Å². The molecule has 5 rings (SSSR count). The summed E-state index contributed by atoms with van der Waals surface area (Å²) in [5, 5.41) is 0. The number of anilines is 2. The van der Waals surface area contributed by atoms with Gasteiger partial charge in [-0.1, -0.05) is 78.5 Å². The van der Waals surface area contributed by atoms with Gasteiger partial charge in [0.15, 0.2) is 0 Å². The van der Waals surface area contributed by atoms with Gasteiger partial charge in [0.2, 0.25) is 0 Å². The number of allylic oxidation sites excluding steroid dienone is 1. The predicted octanol–water partition coefficient (Wildman–Crippen LogP) is 9.73. The van der Waals surface area contributed by atoms with Gasteiger partial charge in [-0.05, 0) is 116 Å². The van der Waals surface area contributed by atoms with Crippen LogP contribution in [0.2, 0.25) is 0 Å². The third-order valence-corrected chi connectivity index (χ3v) is 12.5. The first-order valence-corrected chi connectivity index (χ1v) is 16.6. The standard InChI is InChI=1S/C36H58N2O/c1-7-33(34-31(37)12-9-13-32(34)38)39-26-18-20-35(5)25(22-26)14-15-27-29-17-16-28(24(4)11-8-10-23(2)3)36(29,6)21-19-30(27)35/h9,12-14,23-24,26-30,33H,7-8,10-11,15-22,37-38H2,1-6H3/t24-,26+,27+,28-,29+,30+,33?,35+,36-/m1/s1. The molecule has 3 heteroatoms. The molecular formula is C36H58N2O. The zero-order valence-corrected chi connectivity index (χ0v) is 26.0. The van der Waals surface area contributed by atoms with Crippen molar-refractivity contribution >= 4 is 11.4 Å². The van der Waals surface area contributed by atoms with E-state index in [1.165, 1.54) is 57.8 Å². The Hall–Kier alpha value is -1.48. The van der Waals surface area contributed by atoms with Crippen LogP contribution in [-0.2, 0) is 4.74 Å². The fraction of sp³-hybridized carbons (Fsp3) is 0.778. The second kappa shape index (κ2) is 11.4. The highest BCUT2D eigenvalue weighted by atomic mass is 16.5. The van der Waals surface area contributed by atoms with E-state index >= 15 is 0 Å². The van der Waals surface area contributed by atoms with Gasteiger partial charge >= 0.3 is 0 Å². The van der Waals surface area contributed by atoms with E-state index in [0.717, 1.165) is 71.7 Å². The Bertz CT molecular complexity index is 1010. The SMILES string of the molecule is CCC(O[C@H]1CC[C@@]2(C)C(=CC[C@H]3[C@@H]4CC[C@H]([C@H](C)CCCC(C)C)[C@@]4(C)CC[C@@H]32)C1)c1c(N)cccc1N. The van der Waals surface area contributed by atoms with Crippen LogP contribution < -0.4 is 11.5 Å². The molecule has 3 saturated carbocycles. The van der Waals surface area contributed by atoms with Gasteiger partial charge in [0, 0.05) is 16.9 Å². The zero-order valence-electron chi connectivity index (χ0n) is 26.0. The van der Waals surface area contributed by atoms with Crippen molar-refractivity contribution in [2.75, 3.05) is 11.5 Å². The van der Waals surface area contributed by atoms with Gasteiger partial charge in [-0.15, -0.1) is 0 Å². The van der Waals surface area contributed by atoms with Crippen LogP contribution in [0.15, 0.2) is 29.8 Å². The van der Waals surface area contributed by atoms with E-state index in [-0.39, 0.29) is 12.2 Å². The summed E-state index contributed by atoms with van der Waals surface area (Å²) in [5.41, 5.74) is 17.8. The minimum atomic E-state index is -0.0224. The van der Waals surface area contributed by atoms with Crippen LogP contribution in [0.1, 0.15) is 130 Å². The maximum absolute atomic E-state index is 6.79. The average molecular weight is 535 g/mol. The Morgan fingerprint density at radius 1 is 0.949 bits per heavy atom. The molecule has 0 saturated heterocycles. The van der Waals surface area contributed by atoms with Crippen molar-refractivity contribution in [2.45, 2.75) is 131 Å². The van der Waals surface area contributed by atoms with Gasteiger partial charge in [-0.2, -0.15) is 0 Å². The van der Waals surface area contributed by atoms with Crippen LogP contribution in [0.25, 0.3) is 0 Å². The van der Waals surface area contributed by atoms with Gasteiger partial charge in [-0.25, -0.2) is 0 Å². The number of hydrogen-bond donors (Lipinski definition) is 2. The first kappa shape index (κ1) is 29.0. The van der Waals surface area contributed by atoms with E-state index in [0.29, 0.717) is 10.8 Å². The predicted molar refractivity (Wildman–Crippen MR) is 166 cm³/mol. The molecule has 0 spiro atoms. The molecule has 1 unspecified atom stereocenters. The van der Waals surface area contributed by atoms with Gasteiger partial charge in [0.1, 0.15) is 0 Å². The lowest BCUT2D eigenvalue weighted by Gasteiger charge is -2.58. The Morgan fingerprint density at radius 3 is 2.38 bits per heavy atom. The maximum atomic E-state index is 6.79. The number of rotatable bonds is 9. The van der Waals surface area contributed by atoms with E-state index in [4.69, 9.17) is 16.2 Å². The lowest BCUT2D eigenvalue weighted by molar-refractivity contribution is -0.0765. The summed E-state index contributed by atoms with van der Waals surface area (Å²) < 4.78 is 6.79. The fourth-order valence-corrected chi connectivity index (χ4v) is 10.3. The molecule has 218 valence electrons. The van der Waals surface area contributed by atoms with E-state index in [9.17, 15) is 0 Å². The fourth-order valence-electron chi connectivity index (χ4n) is 10.3. The van der Waals surface area contributed by atoms with Gasteiger partial charge in [0.05, 0.1) is 12.2 Å². The molecule has 4 N–H and O–H groups in total. The minimum Gasteiger partial charge on any atom is -0.398 e. The quantitative estimate of drug-likeness (QED) is 0.245. The van der Waals surface area contributed by atoms with Crippen LogP contribution in [0.5, 0.6) is 0 Å². The van der Waals surface area contributed by atoms with E-state index in [1.807, 2.05) is 18.2 Å². The Balaban J connectivity index is 1.27. The van der Waals surface area contributed by atoms with Crippen molar-refractivity contribution in [3.8, 4) is 0 Å². The third-order valence-electron chi connectivity index (χ3n) is 12.5. The second-order valence-electron chi connectivity index (χ2n) is 15.0. The molecule has 9 atom stereocenters. The topological polar surface area (TPSA) is 61.3 Å². The largest absolute Gasteiger partial charge is 0.398 e. The summed E-state index contributed by atoms with van der Waals surface area (Å²) in [7, 11) is 0. The molecule has 0 amide bonds. The number of hydrogen-bond acceptors (Lipinski definition) is 3. The van der Waals surface area contributed by atoms with E-state index in [2.05, 4.69) is 47.6 Å². The Labute approximate surface area is 239 Å². The van der Waals surface area contributed by atoms with E-state index in [1.54, 1.807) is 5.57 Å². The van der Waals surface area contributed by atoms with Crippen LogP contribution >= 0.6 is 0 Å². The summed E-state index contributed by atoms with van der Waals surface area (Å²) >= 11 is 0. The number of ether oxygens (including phenoxy) is 1. The lowest BCUT2D eigenvalue weighted by atomic mass is 9.47. The highest BCUT2D eigenvalue weighted by molar-refractivity contribution is 5.62. The van der Waals surface area contributed by atoms with Crippen LogP contribution in [0, 0.1) is 46.3 Å². The molecule has 1 aromatic carbocycles. The molecule has 39 heavy (non-hydrogen) atoms. The number of nitrogens with two attached hydrogens (primary N) is 2. The number of benzene rings is 1. The van der Waals surface area contributed by atoms with Crippen molar-refractivity contribution in [2.24, 2.45) is 46.3 Å². The van der Waals surface area contributed by atoms with Crippen molar-refractivity contribution in [1.82, 2.24) is 0 Å². The molecule has 0 aliphatic heterocycles. The normalized spacial score (nSPS) is 37.5. The van der Waals surface area contributed by atoms with Gasteiger partial charge in [0.25, 0.3) is 0 Å². The Morgan fingerprint density at radius 2 is 1.69 bits per heavy atom. The first-order valence-electron chi connectivity index (χ1n) is 16.6. The third kappa shape index (κ3) is 5.31. The van der Waals surface area contributed by atoms with E-state index < -0.39 is 0 Å². The summed E-state index contributed by atoms with van der Waals surface area (Å²) in [6.45, 7) is 14.9. The summed E-state index contributed by atoms with van der Waals surface area (Å²) in [6.07, 6.45) is 18.7. The molecule has 0 bridgehead atoms. The summed E-state index contributed by atoms with van der Waals surface area (Å²) in [6, 6.07) is 5.85. The van der Waals surface area contributed by atoms with Gasteiger partial charge in [-0.3, -0.25) is 0 Å². The van der Waals surface area contributed by atoms with Crippen LogP contribution in [0.3, 0.4) is 0 Å². The smallest absolute Gasteiger partial charge is 0.0866 e. The van der Waals surface area contributed by atoms with Crippen molar-refractivity contribution in [3.05, 3.63) is 35.4 Å². The highest BCUT2D eigenvalue weighted by Crippen LogP contribution is 2.67. The van der Waals surface area contributed by atoms with Crippen molar-refractivity contribution in [1.29, 1.82) is 0 Å². The molecule has 0 aromatic heterocycles. The molecule has 1 aromatic rings. The zero-order chi connectivity index (χ0) is 27.9.